The molecule has 1 N–H and O–H groups in total. The van der Waals surface area contributed by atoms with E-state index in [1.54, 1.807) is 0 Å². The Balaban J connectivity index is 1.69. The van der Waals surface area contributed by atoms with Crippen LogP contribution in [0.4, 0.5) is 5.82 Å². The molecule has 1 heterocycles. The lowest BCUT2D eigenvalue weighted by molar-refractivity contribution is 0.0721. The number of nitrogens with zero attached hydrogens (tertiary/aromatic N) is 3. The first-order valence-corrected chi connectivity index (χ1v) is 7.64. The van der Waals surface area contributed by atoms with Crippen molar-refractivity contribution in [1.29, 1.82) is 0 Å². The molecule has 22 heavy (non-hydrogen) atoms. The Morgan fingerprint density at radius 3 is 2.55 bits per heavy atom. The number of rotatable bonds is 4. The average Bonchev–Trinajstić information content (AvgIpc) is 2.85. The van der Waals surface area contributed by atoms with Gasteiger partial charge < -0.3 is 10.0 Å². The van der Waals surface area contributed by atoms with Crippen molar-refractivity contribution in [3.63, 3.8) is 0 Å². The Morgan fingerprint density at radius 2 is 1.91 bits per heavy atom. The molecule has 4 nitrogen and oxygen atoms in total. The Kier molecular flexibility index (Phi) is 4.14. The molecule has 0 saturated heterocycles. The Bertz CT molecular complexity index is 639. The lowest BCUT2D eigenvalue weighted by atomic mass is 10.1. The van der Waals surface area contributed by atoms with E-state index in [1.165, 1.54) is 5.56 Å². The summed E-state index contributed by atoms with van der Waals surface area (Å²) in [5.74, 6) is 0.958. The Hall–Kier alpha value is -1.91. The van der Waals surface area contributed by atoms with Gasteiger partial charge in [-0.25, -0.2) is 4.98 Å². The lowest BCUT2D eigenvalue weighted by Crippen LogP contribution is -2.34. The number of benzene rings is 1. The summed E-state index contributed by atoms with van der Waals surface area (Å²) in [6.07, 6.45) is 2.41. The number of aliphatic hydroxyl groups is 1. The molecule has 2 aromatic rings. The van der Waals surface area contributed by atoms with Crippen LogP contribution in [0.5, 0.6) is 0 Å². The van der Waals surface area contributed by atoms with Crippen molar-refractivity contribution >= 4 is 5.82 Å². The largest absolute Gasteiger partial charge is 0.387 e. The van der Waals surface area contributed by atoms with Gasteiger partial charge in [-0.05, 0) is 36.2 Å². The maximum atomic E-state index is 10.5. The first-order chi connectivity index (χ1) is 10.6. The van der Waals surface area contributed by atoms with E-state index in [9.17, 15) is 5.11 Å². The van der Waals surface area contributed by atoms with Crippen molar-refractivity contribution in [3.8, 4) is 0 Å². The molecule has 1 aliphatic carbocycles. The highest BCUT2D eigenvalue weighted by atomic mass is 16.3. The van der Waals surface area contributed by atoms with Gasteiger partial charge in [0.05, 0.1) is 6.10 Å². The van der Waals surface area contributed by atoms with Crippen molar-refractivity contribution < 1.29 is 5.11 Å². The van der Waals surface area contributed by atoms with Crippen molar-refractivity contribution in [2.24, 2.45) is 0 Å². The predicted molar refractivity (Wildman–Crippen MR) is 88.9 cm³/mol. The lowest BCUT2D eigenvalue weighted by Gasteiger charge is -2.27. The first-order valence-electron chi connectivity index (χ1n) is 7.64. The van der Waals surface area contributed by atoms with Crippen molar-refractivity contribution in [1.82, 2.24) is 9.88 Å². The molecule has 4 heteroatoms. The summed E-state index contributed by atoms with van der Waals surface area (Å²) in [6, 6.07) is 12.4. The third-order valence-corrected chi connectivity index (χ3v) is 4.43. The molecular weight excluding hydrogens is 274 g/mol. The molecule has 0 radical (unpaired) electrons. The van der Waals surface area contributed by atoms with Crippen molar-refractivity contribution in [3.05, 3.63) is 59.3 Å². The fourth-order valence-electron chi connectivity index (χ4n) is 3.13. The number of anilines is 1. The van der Waals surface area contributed by atoms with Gasteiger partial charge in [0.15, 0.2) is 0 Å². The standard InChI is InChI=1S/C18H23N3O/c1-20(2)17-9-8-13(11-19-17)12-21(3)16-10-14-6-4-5-7-15(14)18(16)22/h4-9,11,16,18,22H,10,12H2,1-3H3. The quantitative estimate of drug-likeness (QED) is 0.939. The zero-order valence-electron chi connectivity index (χ0n) is 13.4. The van der Waals surface area contributed by atoms with Crippen LogP contribution < -0.4 is 4.90 Å². The van der Waals surface area contributed by atoms with E-state index in [1.807, 2.05) is 49.5 Å². The molecular formula is C18H23N3O. The molecule has 116 valence electrons. The second kappa shape index (κ2) is 6.07. The van der Waals surface area contributed by atoms with Crippen LogP contribution in [0.25, 0.3) is 0 Å². The van der Waals surface area contributed by atoms with Crippen LogP contribution in [0, 0.1) is 0 Å². The van der Waals surface area contributed by atoms with Crippen LogP contribution in [0.15, 0.2) is 42.6 Å². The molecule has 2 unspecified atom stereocenters. The summed E-state index contributed by atoms with van der Waals surface area (Å²) in [6.45, 7) is 0.788. The predicted octanol–water partition coefficient (Wildman–Crippen LogP) is 2.24. The maximum Gasteiger partial charge on any atom is 0.127 e. The van der Waals surface area contributed by atoms with E-state index >= 15 is 0 Å². The Labute approximate surface area is 132 Å². The molecule has 3 rings (SSSR count). The van der Waals surface area contributed by atoms with Gasteiger partial charge in [-0.15, -0.1) is 0 Å². The maximum absolute atomic E-state index is 10.5. The molecule has 1 aromatic heterocycles. The van der Waals surface area contributed by atoms with Crippen LogP contribution >= 0.6 is 0 Å². The topological polar surface area (TPSA) is 39.6 Å². The highest BCUT2D eigenvalue weighted by Crippen LogP contribution is 2.34. The summed E-state index contributed by atoms with van der Waals surface area (Å²) >= 11 is 0. The number of fused-ring (bicyclic) bond motifs is 1. The summed E-state index contributed by atoms with van der Waals surface area (Å²) in [5.41, 5.74) is 3.49. The third kappa shape index (κ3) is 2.85. The minimum absolute atomic E-state index is 0.130. The van der Waals surface area contributed by atoms with Gasteiger partial charge in [0.2, 0.25) is 0 Å². The number of hydrogen-bond donors (Lipinski definition) is 1. The molecule has 0 spiro atoms. The minimum Gasteiger partial charge on any atom is -0.387 e. The average molecular weight is 297 g/mol. The summed E-state index contributed by atoms with van der Waals surface area (Å²) in [5, 5.41) is 10.5. The van der Waals surface area contributed by atoms with Gasteiger partial charge in [-0.3, -0.25) is 4.90 Å². The summed E-state index contributed by atoms with van der Waals surface area (Å²) in [4.78, 5) is 8.66. The number of aromatic nitrogens is 1. The molecule has 0 bridgehead atoms. The fourth-order valence-corrected chi connectivity index (χ4v) is 3.13. The van der Waals surface area contributed by atoms with E-state index in [2.05, 4.69) is 29.1 Å². The Morgan fingerprint density at radius 1 is 1.14 bits per heavy atom. The van der Waals surface area contributed by atoms with E-state index in [-0.39, 0.29) is 6.04 Å². The number of likely N-dealkylation sites (N-methyl/N-ethyl adjacent to an activating group) is 1. The van der Waals surface area contributed by atoms with Gasteiger partial charge in [0.1, 0.15) is 5.82 Å². The van der Waals surface area contributed by atoms with Crippen LogP contribution in [0.3, 0.4) is 0 Å². The van der Waals surface area contributed by atoms with Gasteiger partial charge in [0.25, 0.3) is 0 Å². The zero-order chi connectivity index (χ0) is 15.7. The van der Waals surface area contributed by atoms with Crippen LogP contribution in [0.2, 0.25) is 0 Å². The highest BCUT2D eigenvalue weighted by molar-refractivity contribution is 5.38. The van der Waals surface area contributed by atoms with Gasteiger partial charge in [-0.2, -0.15) is 0 Å². The smallest absolute Gasteiger partial charge is 0.127 e. The van der Waals surface area contributed by atoms with Crippen LogP contribution in [-0.2, 0) is 13.0 Å². The molecule has 0 amide bonds. The normalized spacial score (nSPS) is 20.2. The molecule has 1 aliphatic rings. The number of aliphatic hydroxyl groups excluding tert-OH is 1. The van der Waals surface area contributed by atoms with Gasteiger partial charge in [0, 0.05) is 32.9 Å². The van der Waals surface area contributed by atoms with Gasteiger partial charge >= 0.3 is 0 Å². The monoisotopic (exact) mass is 297 g/mol. The van der Waals surface area contributed by atoms with E-state index in [4.69, 9.17) is 0 Å². The fraction of sp³-hybridized carbons (Fsp3) is 0.389. The first kappa shape index (κ1) is 15.0. The van der Waals surface area contributed by atoms with Crippen molar-refractivity contribution in [2.75, 3.05) is 26.0 Å². The highest BCUT2D eigenvalue weighted by Gasteiger charge is 2.33. The summed E-state index contributed by atoms with van der Waals surface area (Å²) in [7, 11) is 6.04. The second-order valence-corrected chi connectivity index (χ2v) is 6.25. The van der Waals surface area contributed by atoms with Crippen molar-refractivity contribution in [2.45, 2.75) is 25.1 Å². The molecule has 0 aliphatic heterocycles. The molecule has 0 fully saturated rings. The zero-order valence-corrected chi connectivity index (χ0v) is 13.4. The van der Waals surface area contributed by atoms with E-state index < -0.39 is 6.10 Å². The van der Waals surface area contributed by atoms with Crippen LogP contribution in [0.1, 0.15) is 22.8 Å². The van der Waals surface area contributed by atoms with E-state index in [0.717, 1.165) is 29.9 Å². The third-order valence-electron chi connectivity index (χ3n) is 4.43. The number of hydrogen-bond acceptors (Lipinski definition) is 4. The van der Waals surface area contributed by atoms with Gasteiger partial charge in [-0.1, -0.05) is 30.3 Å². The SMILES string of the molecule is CN(C)c1ccc(CN(C)C2Cc3ccccc3C2O)cn1. The number of pyridine rings is 1. The molecule has 0 saturated carbocycles. The summed E-state index contributed by atoms with van der Waals surface area (Å²) < 4.78 is 0. The molecule has 1 aromatic carbocycles. The minimum atomic E-state index is -0.407. The van der Waals surface area contributed by atoms with Crippen LogP contribution in [-0.4, -0.2) is 42.2 Å². The van der Waals surface area contributed by atoms with E-state index in [0.29, 0.717) is 0 Å². The second-order valence-electron chi connectivity index (χ2n) is 6.25. The molecule has 2 atom stereocenters.